The molecule has 2 heteroatoms. The van der Waals surface area contributed by atoms with Crippen molar-refractivity contribution in [2.45, 2.75) is 0 Å². The number of hydrogen-bond donors (Lipinski definition) is 0. The highest BCUT2D eigenvalue weighted by Gasteiger charge is 1.78. The first-order valence-electron chi connectivity index (χ1n) is 1.49. The zero-order valence-corrected chi connectivity index (χ0v) is 4.42. The molecule has 0 amide bonds. The molecule has 0 unspecified atom stereocenters. The SMILES string of the molecule is C=C(C=O)SC. The molecule has 0 aromatic carbocycles. The molecule has 0 aliphatic carbocycles. The first-order valence-corrected chi connectivity index (χ1v) is 2.72. The Balaban J connectivity index is 3.23. The summed E-state index contributed by atoms with van der Waals surface area (Å²) in [6.07, 6.45) is 2.56. The molecular weight excluding hydrogens is 96.1 g/mol. The Labute approximate surface area is 41.4 Å². The Kier molecular flexibility index (Phi) is 2.85. The second-order valence-electron chi connectivity index (χ2n) is 0.788. The lowest BCUT2D eigenvalue weighted by molar-refractivity contribution is -0.104. The molecule has 0 spiro atoms. The first kappa shape index (κ1) is 5.76. The first-order chi connectivity index (χ1) is 2.81. The molecule has 0 fully saturated rings. The number of carbonyl (C=O) groups is 1. The summed E-state index contributed by atoms with van der Waals surface area (Å²) in [5.41, 5.74) is 0. The van der Waals surface area contributed by atoms with Crippen LogP contribution in [0.3, 0.4) is 0 Å². The number of rotatable bonds is 2. The van der Waals surface area contributed by atoms with Crippen molar-refractivity contribution in [3.8, 4) is 0 Å². The van der Waals surface area contributed by atoms with Crippen molar-refractivity contribution in [3.05, 3.63) is 11.5 Å². The summed E-state index contributed by atoms with van der Waals surface area (Å²) >= 11 is 1.36. The highest BCUT2D eigenvalue weighted by Crippen LogP contribution is 2.01. The van der Waals surface area contributed by atoms with E-state index in [0.29, 0.717) is 4.91 Å². The molecule has 0 atom stereocenters. The van der Waals surface area contributed by atoms with Crippen molar-refractivity contribution in [2.75, 3.05) is 6.26 Å². The van der Waals surface area contributed by atoms with Gasteiger partial charge in [0, 0.05) is 4.91 Å². The standard InChI is InChI=1S/C4H6OS/c1-4(3-5)6-2/h3H,1H2,2H3. The van der Waals surface area contributed by atoms with Gasteiger partial charge in [-0.2, -0.15) is 0 Å². The van der Waals surface area contributed by atoms with Gasteiger partial charge in [-0.1, -0.05) is 6.58 Å². The summed E-state index contributed by atoms with van der Waals surface area (Å²) in [5, 5.41) is 0. The number of allylic oxidation sites excluding steroid dienone is 1. The van der Waals surface area contributed by atoms with Crippen LogP contribution in [-0.4, -0.2) is 12.5 Å². The smallest absolute Gasteiger partial charge is 0.155 e. The van der Waals surface area contributed by atoms with Gasteiger partial charge < -0.3 is 0 Å². The van der Waals surface area contributed by atoms with E-state index in [4.69, 9.17) is 0 Å². The third-order valence-corrected chi connectivity index (χ3v) is 1.01. The predicted octanol–water partition coefficient (Wildman–Crippen LogP) is 1.06. The van der Waals surface area contributed by atoms with Crippen LogP contribution in [0.25, 0.3) is 0 Å². The lowest BCUT2D eigenvalue weighted by atomic mass is 10.7. The zero-order chi connectivity index (χ0) is 4.99. The van der Waals surface area contributed by atoms with E-state index in [9.17, 15) is 4.79 Å². The largest absolute Gasteiger partial charge is 0.297 e. The van der Waals surface area contributed by atoms with Crippen LogP contribution in [-0.2, 0) is 4.79 Å². The van der Waals surface area contributed by atoms with E-state index in [2.05, 4.69) is 6.58 Å². The van der Waals surface area contributed by atoms with Crippen molar-refractivity contribution in [3.63, 3.8) is 0 Å². The summed E-state index contributed by atoms with van der Waals surface area (Å²) < 4.78 is 0. The Bertz CT molecular complexity index is 67.9. The highest BCUT2D eigenvalue weighted by atomic mass is 32.2. The van der Waals surface area contributed by atoms with Crippen LogP contribution in [0.2, 0.25) is 0 Å². The van der Waals surface area contributed by atoms with Gasteiger partial charge in [-0.05, 0) is 6.26 Å². The lowest BCUT2D eigenvalue weighted by Crippen LogP contribution is -1.67. The summed E-state index contributed by atoms with van der Waals surface area (Å²) in [6, 6.07) is 0. The van der Waals surface area contributed by atoms with Crippen molar-refractivity contribution in [2.24, 2.45) is 0 Å². The minimum absolute atomic E-state index is 0.579. The third kappa shape index (κ3) is 2.03. The van der Waals surface area contributed by atoms with Gasteiger partial charge in [0.05, 0.1) is 0 Å². The third-order valence-electron chi connectivity index (χ3n) is 0.394. The van der Waals surface area contributed by atoms with E-state index in [0.717, 1.165) is 6.29 Å². The number of carbonyl (C=O) groups excluding carboxylic acids is 1. The lowest BCUT2D eigenvalue weighted by Gasteiger charge is -1.79. The van der Waals surface area contributed by atoms with Crippen molar-refractivity contribution in [1.82, 2.24) is 0 Å². The molecular formula is C4H6OS. The fraction of sp³-hybridized carbons (Fsp3) is 0.250. The fourth-order valence-electron chi connectivity index (χ4n) is 0.0481. The van der Waals surface area contributed by atoms with E-state index in [1.807, 2.05) is 6.26 Å². The molecule has 0 radical (unpaired) electrons. The van der Waals surface area contributed by atoms with Crippen molar-refractivity contribution >= 4 is 18.0 Å². The van der Waals surface area contributed by atoms with Gasteiger partial charge in [0.15, 0.2) is 6.29 Å². The molecule has 0 aromatic rings. The normalized spacial score (nSPS) is 7.50. The monoisotopic (exact) mass is 102 g/mol. The van der Waals surface area contributed by atoms with E-state index in [1.54, 1.807) is 0 Å². The molecule has 0 bridgehead atoms. The van der Waals surface area contributed by atoms with Crippen LogP contribution in [0.1, 0.15) is 0 Å². The Hall–Kier alpha value is -0.240. The minimum Gasteiger partial charge on any atom is -0.297 e. The second kappa shape index (κ2) is 2.97. The van der Waals surface area contributed by atoms with Gasteiger partial charge in [-0.15, -0.1) is 11.8 Å². The summed E-state index contributed by atoms with van der Waals surface area (Å²) in [6.45, 7) is 3.39. The average Bonchev–Trinajstić information content (AvgIpc) is 1.65. The Morgan fingerprint density at radius 1 is 2.00 bits per heavy atom. The van der Waals surface area contributed by atoms with Crippen LogP contribution in [0.15, 0.2) is 11.5 Å². The molecule has 0 aliphatic rings. The van der Waals surface area contributed by atoms with Crippen LogP contribution < -0.4 is 0 Å². The minimum atomic E-state index is 0.579. The van der Waals surface area contributed by atoms with E-state index in [1.165, 1.54) is 11.8 Å². The molecule has 0 saturated heterocycles. The molecule has 1 nitrogen and oxygen atoms in total. The quantitative estimate of drug-likeness (QED) is 0.383. The van der Waals surface area contributed by atoms with Gasteiger partial charge >= 0.3 is 0 Å². The van der Waals surface area contributed by atoms with Gasteiger partial charge in [0.1, 0.15) is 0 Å². The highest BCUT2D eigenvalue weighted by molar-refractivity contribution is 8.03. The fourth-order valence-corrected chi connectivity index (χ4v) is 0.144. The number of hydrogen-bond acceptors (Lipinski definition) is 2. The van der Waals surface area contributed by atoms with Gasteiger partial charge in [-0.3, -0.25) is 4.79 Å². The topological polar surface area (TPSA) is 17.1 Å². The maximum atomic E-state index is 9.62. The zero-order valence-electron chi connectivity index (χ0n) is 3.60. The maximum absolute atomic E-state index is 9.62. The van der Waals surface area contributed by atoms with E-state index in [-0.39, 0.29) is 0 Å². The summed E-state index contributed by atoms with van der Waals surface area (Å²) in [5.74, 6) is 0. The van der Waals surface area contributed by atoms with Crippen LogP contribution in [0.4, 0.5) is 0 Å². The second-order valence-corrected chi connectivity index (χ2v) is 1.72. The molecule has 6 heavy (non-hydrogen) atoms. The van der Waals surface area contributed by atoms with Crippen LogP contribution >= 0.6 is 11.8 Å². The van der Waals surface area contributed by atoms with E-state index < -0.39 is 0 Å². The summed E-state index contributed by atoms with van der Waals surface area (Å²) in [4.78, 5) is 10.2. The van der Waals surface area contributed by atoms with Gasteiger partial charge in [0.2, 0.25) is 0 Å². The van der Waals surface area contributed by atoms with Crippen molar-refractivity contribution < 1.29 is 4.79 Å². The predicted molar refractivity (Wildman–Crippen MR) is 28.7 cm³/mol. The molecule has 0 N–H and O–H groups in total. The maximum Gasteiger partial charge on any atom is 0.155 e. The molecule has 34 valence electrons. The Morgan fingerprint density at radius 3 is 2.50 bits per heavy atom. The van der Waals surface area contributed by atoms with Gasteiger partial charge in [-0.25, -0.2) is 0 Å². The number of thioether (sulfide) groups is 1. The Morgan fingerprint density at radius 2 is 2.50 bits per heavy atom. The number of aldehydes is 1. The van der Waals surface area contributed by atoms with Crippen LogP contribution in [0.5, 0.6) is 0 Å². The molecule has 0 aromatic heterocycles. The van der Waals surface area contributed by atoms with Crippen molar-refractivity contribution in [1.29, 1.82) is 0 Å². The molecule has 0 heterocycles. The molecule has 0 saturated carbocycles. The molecule has 0 aliphatic heterocycles. The van der Waals surface area contributed by atoms with Crippen LogP contribution in [0, 0.1) is 0 Å². The summed E-state index contributed by atoms with van der Waals surface area (Å²) in [7, 11) is 0. The average molecular weight is 102 g/mol. The van der Waals surface area contributed by atoms with Gasteiger partial charge in [0.25, 0.3) is 0 Å². The molecule has 0 rings (SSSR count). The van der Waals surface area contributed by atoms with E-state index >= 15 is 0 Å².